The maximum atomic E-state index is 12.9. The summed E-state index contributed by atoms with van der Waals surface area (Å²) in [5, 5.41) is 16.6. The van der Waals surface area contributed by atoms with Crippen LogP contribution in [0, 0.1) is 0 Å². The lowest BCUT2D eigenvalue weighted by molar-refractivity contribution is -0.137. The molecule has 8 heteroatoms. The second-order valence-electron chi connectivity index (χ2n) is 10.2. The third kappa shape index (κ3) is 7.59. The van der Waals surface area contributed by atoms with Gasteiger partial charge in [-0.3, -0.25) is 0 Å². The minimum Gasteiger partial charge on any atom is -0.396 e. The van der Waals surface area contributed by atoms with Crippen LogP contribution < -0.4 is 15.5 Å². The van der Waals surface area contributed by atoms with E-state index in [0.29, 0.717) is 18.1 Å². The van der Waals surface area contributed by atoms with Crippen molar-refractivity contribution in [3.63, 3.8) is 0 Å². The third-order valence-electron chi connectivity index (χ3n) is 7.48. The Morgan fingerprint density at radius 1 is 0.944 bits per heavy atom. The minimum absolute atomic E-state index is 0.252. The summed E-state index contributed by atoms with van der Waals surface area (Å²) in [6, 6.07) is 10.7. The standard InChI is InChI=1S/C28H39F3N4O/c29-28(30,31)22-11-13-24(14-12-22)35-17-6-8-23(20-35)33-25-9-3-4-10-26(25)34-27-19-21(15-16-32-27)7-2-1-5-18-36/h11-16,19,23,25-26,33,36H,1-10,17-18,20H2,(H,32,34)/t23-,25+,26+/m0/s1. The van der Waals surface area contributed by atoms with Gasteiger partial charge in [-0.1, -0.05) is 19.3 Å². The molecule has 0 radical (unpaired) electrons. The summed E-state index contributed by atoms with van der Waals surface area (Å²) in [5.41, 5.74) is 1.52. The number of pyridine rings is 1. The molecule has 5 nitrogen and oxygen atoms in total. The van der Waals surface area contributed by atoms with E-state index < -0.39 is 11.7 Å². The Kier molecular flexibility index (Phi) is 9.48. The topological polar surface area (TPSA) is 60.4 Å². The molecule has 1 aromatic heterocycles. The Balaban J connectivity index is 1.33. The number of aliphatic hydroxyl groups is 1. The monoisotopic (exact) mass is 504 g/mol. The summed E-state index contributed by atoms with van der Waals surface area (Å²) < 4.78 is 38.8. The number of hydrogen-bond acceptors (Lipinski definition) is 5. The van der Waals surface area contributed by atoms with Gasteiger partial charge in [-0.2, -0.15) is 13.2 Å². The van der Waals surface area contributed by atoms with E-state index in [4.69, 9.17) is 5.11 Å². The molecule has 198 valence electrons. The van der Waals surface area contributed by atoms with Gasteiger partial charge in [0.25, 0.3) is 0 Å². The zero-order valence-corrected chi connectivity index (χ0v) is 20.9. The Bertz CT molecular complexity index is 937. The van der Waals surface area contributed by atoms with Gasteiger partial charge in [-0.05, 0) is 86.9 Å². The minimum atomic E-state index is -4.30. The summed E-state index contributed by atoms with van der Waals surface area (Å²) in [5.74, 6) is 0.920. The lowest BCUT2D eigenvalue weighted by atomic mass is 9.89. The van der Waals surface area contributed by atoms with Crippen LogP contribution in [-0.2, 0) is 12.6 Å². The van der Waals surface area contributed by atoms with E-state index >= 15 is 0 Å². The number of aromatic nitrogens is 1. The molecule has 3 atom stereocenters. The largest absolute Gasteiger partial charge is 0.416 e. The highest BCUT2D eigenvalue weighted by molar-refractivity contribution is 5.48. The van der Waals surface area contributed by atoms with Crippen LogP contribution in [0.3, 0.4) is 0 Å². The van der Waals surface area contributed by atoms with Crippen LogP contribution >= 0.6 is 0 Å². The number of halogens is 3. The molecule has 1 saturated carbocycles. The predicted molar refractivity (Wildman–Crippen MR) is 138 cm³/mol. The number of nitrogens with one attached hydrogen (secondary N) is 2. The SMILES string of the molecule is OCCCCCc1ccnc(N[C@@H]2CCCC[C@H]2N[C@H]2CCCN(c3ccc(C(F)(F)F)cc3)C2)c1. The summed E-state index contributed by atoms with van der Waals surface area (Å²) in [6.07, 6.45) is 8.18. The number of piperidine rings is 1. The first kappa shape index (κ1) is 26.7. The van der Waals surface area contributed by atoms with E-state index in [1.807, 2.05) is 6.20 Å². The molecule has 2 aromatic rings. The van der Waals surface area contributed by atoms with Crippen LogP contribution in [0.1, 0.15) is 68.9 Å². The number of rotatable bonds is 10. The summed E-state index contributed by atoms with van der Waals surface area (Å²) in [7, 11) is 0. The van der Waals surface area contributed by atoms with Crippen molar-refractivity contribution >= 4 is 11.5 Å². The van der Waals surface area contributed by atoms with Gasteiger partial charge < -0.3 is 20.6 Å². The van der Waals surface area contributed by atoms with Crippen LogP contribution in [0.4, 0.5) is 24.7 Å². The van der Waals surface area contributed by atoms with Gasteiger partial charge in [0.2, 0.25) is 0 Å². The summed E-state index contributed by atoms with van der Waals surface area (Å²) in [6.45, 7) is 1.92. The molecule has 0 amide bonds. The van der Waals surface area contributed by atoms with Gasteiger partial charge in [0.15, 0.2) is 0 Å². The average Bonchev–Trinajstić information content (AvgIpc) is 2.88. The molecule has 0 spiro atoms. The van der Waals surface area contributed by atoms with Crippen LogP contribution in [0.5, 0.6) is 0 Å². The molecule has 2 fully saturated rings. The Labute approximate surface area is 212 Å². The van der Waals surface area contributed by atoms with E-state index in [0.717, 1.165) is 76.0 Å². The molecule has 1 saturated heterocycles. The first-order chi connectivity index (χ1) is 17.4. The average molecular weight is 505 g/mol. The first-order valence-electron chi connectivity index (χ1n) is 13.4. The third-order valence-corrected chi connectivity index (χ3v) is 7.48. The van der Waals surface area contributed by atoms with Crippen LogP contribution in [0.25, 0.3) is 0 Å². The van der Waals surface area contributed by atoms with Gasteiger partial charge in [0, 0.05) is 49.7 Å². The second kappa shape index (κ2) is 12.8. The predicted octanol–water partition coefficient (Wildman–Crippen LogP) is 5.79. The number of nitrogens with zero attached hydrogens (tertiary/aromatic N) is 2. The second-order valence-corrected chi connectivity index (χ2v) is 10.2. The number of alkyl halides is 3. The Morgan fingerprint density at radius 3 is 2.47 bits per heavy atom. The van der Waals surface area contributed by atoms with Crippen molar-refractivity contribution in [2.75, 3.05) is 29.9 Å². The highest BCUT2D eigenvalue weighted by atomic mass is 19.4. The molecule has 1 aliphatic heterocycles. The molecule has 36 heavy (non-hydrogen) atoms. The molecule has 2 heterocycles. The van der Waals surface area contributed by atoms with E-state index in [-0.39, 0.29) is 6.61 Å². The number of unbranched alkanes of at least 4 members (excludes halogenated alkanes) is 2. The van der Waals surface area contributed by atoms with Crippen LogP contribution in [0.2, 0.25) is 0 Å². The molecule has 1 aromatic carbocycles. The quantitative estimate of drug-likeness (QED) is 0.358. The number of aryl methyl sites for hydroxylation is 1. The maximum Gasteiger partial charge on any atom is 0.416 e. The molecular weight excluding hydrogens is 465 g/mol. The molecule has 1 aliphatic carbocycles. The summed E-state index contributed by atoms with van der Waals surface area (Å²) in [4.78, 5) is 6.77. The van der Waals surface area contributed by atoms with Gasteiger partial charge in [0.1, 0.15) is 5.82 Å². The van der Waals surface area contributed by atoms with E-state index in [1.165, 1.54) is 30.5 Å². The molecule has 3 N–H and O–H groups in total. The van der Waals surface area contributed by atoms with Gasteiger partial charge in [-0.15, -0.1) is 0 Å². The highest BCUT2D eigenvalue weighted by Crippen LogP contribution is 2.31. The van der Waals surface area contributed by atoms with Crippen molar-refractivity contribution in [1.29, 1.82) is 0 Å². The van der Waals surface area contributed by atoms with Crippen molar-refractivity contribution in [3.05, 3.63) is 53.7 Å². The van der Waals surface area contributed by atoms with Crippen molar-refractivity contribution < 1.29 is 18.3 Å². The Morgan fingerprint density at radius 2 is 1.72 bits per heavy atom. The van der Waals surface area contributed by atoms with Crippen LogP contribution in [-0.4, -0.2) is 47.9 Å². The fourth-order valence-electron chi connectivity index (χ4n) is 5.53. The zero-order valence-electron chi connectivity index (χ0n) is 20.9. The van der Waals surface area contributed by atoms with Crippen molar-refractivity contribution in [2.24, 2.45) is 0 Å². The number of benzene rings is 1. The first-order valence-corrected chi connectivity index (χ1v) is 13.4. The molecule has 0 unspecified atom stereocenters. The lowest BCUT2D eigenvalue weighted by Gasteiger charge is -2.40. The molecular formula is C28H39F3N4O. The molecule has 4 rings (SSSR count). The molecule has 0 bridgehead atoms. The van der Waals surface area contributed by atoms with E-state index in [9.17, 15) is 13.2 Å². The normalized spacial score (nSPS) is 23.0. The van der Waals surface area contributed by atoms with Gasteiger partial charge in [0.05, 0.1) is 5.56 Å². The molecule has 2 aliphatic rings. The zero-order chi connectivity index (χ0) is 25.4. The van der Waals surface area contributed by atoms with E-state index in [1.54, 1.807) is 12.1 Å². The highest BCUT2D eigenvalue weighted by Gasteiger charge is 2.31. The maximum absolute atomic E-state index is 12.9. The smallest absolute Gasteiger partial charge is 0.396 e. The summed E-state index contributed by atoms with van der Waals surface area (Å²) >= 11 is 0. The Hall–Kier alpha value is -2.32. The lowest BCUT2D eigenvalue weighted by Crippen LogP contribution is -2.55. The van der Waals surface area contributed by atoms with Gasteiger partial charge in [-0.25, -0.2) is 4.98 Å². The van der Waals surface area contributed by atoms with Crippen LogP contribution in [0.15, 0.2) is 42.6 Å². The van der Waals surface area contributed by atoms with E-state index in [2.05, 4.69) is 32.7 Å². The fraction of sp³-hybridized carbons (Fsp3) is 0.607. The van der Waals surface area contributed by atoms with Crippen molar-refractivity contribution in [1.82, 2.24) is 10.3 Å². The number of aliphatic hydroxyl groups excluding tert-OH is 1. The van der Waals surface area contributed by atoms with Crippen molar-refractivity contribution in [2.45, 2.75) is 88.5 Å². The van der Waals surface area contributed by atoms with Gasteiger partial charge >= 0.3 is 6.18 Å². The van der Waals surface area contributed by atoms with Crippen molar-refractivity contribution in [3.8, 4) is 0 Å². The number of hydrogen-bond donors (Lipinski definition) is 3. The number of anilines is 2. The fourth-order valence-corrected chi connectivity index (χ4v) is 5.53.